The Morgan fingerprint density at radius 3 is 2.00 bits per heavy atom. The minimum atomic E-state index is -0.209. The van der Waals surface area contributed by atoms with Crippen LogP contribution in [0, 0.1) is 11.8 Å². The van der Waals surface area contributed by atoms with Gasteiger partial charge >= 0.3 is 5.97 Å². The fourth-order valence-corrected chi connectivity index (χ4v) is 1.46. The molecule has 0 saturated carbocycles. The third-order valence-electron chi connectivity index (χ3n) is 2.33. The van der Waals surface area contributed by atoms with Gasteiger partial charge in [-0.15, -0.1) is 0 Å². The van der Waals surface area contributed by atoms with Crippen molar-refractivity contribution < 1.29 is 19.0 Å². The van der Waals surface area contributed by atoms with Crippen LogP contribution in [0.25, 0.3) is 0 Å². The summed E-state index contributed by atoms with van der Waals surface area (Å²) in [6, 6.07) is 0. The van der Waals surface area contributed by atoms with Gasteiger partial charge in [-0.2, -0.15) is 0 Å². The molecule has 4 heteroatoms. The third-order valence-corrected chi connectivity index (χ3v) is 2.33. The number of carbonyl (C=O) groups excluding carboxylic acids is 1. The summed E-state index contributed by atoms with van der Waals surface area (Å²) in [5, 5.41) is 0. The van der Waals surface area contributed by atoms with Gasteiger partial charge in [-0.25, -0.2) is 0 Å². The summed E-state index contributed by atoms with van der Waals surface area (Å²) < 4.78 is 16.3. The smallest absolute Gasteiger partial charge is 0.306 e. The molecule has 2 unspecified atom stereocenters. The van der Waals surface area contributed by atoms with Gasteiger partial charge in [-0.05, 0) is 25.7 Å². The lowest BCUT2D eigenvalue weighted by atomic mass is 10.1. The monoisotopic (exact) mass is 274 g/mol. The number of hydrogen-bond acceptors (Lipinski definition) is 4. The van der Waals surface area contributed by atoms with Crippen LogP contribution >= 0.6 is 0 Å². The second-order valence-electron chi connectivity index (χ2n) is 5.97. The van der Waals surface area contributed by atoms with Crippen molar-refractivity contribution in [3.05, 3.63) is 0 Å². The molecule has 0 fully saturated rings. The molecule has 0 aromatic rings. The van der Waals surface area contributed by atoms with Crippen molar-refractivity contribution in [3.8, 4) is 0 Å². The minimum absolute atomic E-state index is 0.0185. The highest BCUT2D eigenvalue weighted by atomic mass is 16.6. The Kier molecular flexibility index (Phi) is 9.88. The third kappa shape index (κ3) is 12.2. The Bertz CT molecular complexity index is 238. The van der Waals surface area contributed by atoms with Gasteiger partial charge in [0.25, 0.3) is 0 Å². The Balaban J connectivity index is 3.65. The summed E-state index contributed by atoms with van der Waals surface area (Å²) in [5.74, 6) is 0.696. The van der Waals surface area contributed by atoms with Crippen LogP contribution in [0.15, 0.2) is 0 Å². The summed E-state index contributed by atoms with van der Waals surface area (Å²) in [6.07, 6.45) is 0.265. The summed E-state index contributed by atoms with van der Waals surface area (Å²) in [4.78, 5) is 11.5. The van der Waals surface area contributed by atoms with Crippen LogP contribution < -0.4 is 0 Å². The van der Waals surface area contributed by atoms with Gasteiger partial charge in [0.2, 0.25) is 0 Å². The van der Waals surface area contributed by atoms with Gasteiger partial charge < -0.3 is 14.2 Å². The predicted molar refractivity (Wildman–Crippen MR) is 76.1 cm³/mol. The molecule has 0 heterocycles. The SMILES string of the molecule is CC(C)COCC(C)OCC(C)OC(=O)CC(C)C. The lowest BCUT2D eigenvalue weighted by Gasteiger charge is -2.18. The molecular formula is C15H30O4. The van der Waals surface area contributed by atoms with Gasteiger partial charge in [0, 0.05) is 13.0 Å². The molecule has 0 aromatic heterocycles. The van der Waals surface area contributed by atoms with E-state index in [9.17, 15) is 4.79 Å². The maximum Gasteiger partial charge on any atom is 0.306 e. The predicted octanol–water partition coefficient (Wildman–Crippen LogP) is 3.04. The highest BCUT2D eigenvalue weighted by Gasteiger charge is 2.13. The first-order valence-corrected chi connectivity index (χ1v) is 7.20. The van der Waals surface area contributed by atoms with Crippen LogP contribution in [0.1, 0.15) is 48.0 Å². The van der Waals surface area contributed by atoms with E-state index in [1.165, 1.54) is 0 Å². The van der Waals surface area contributed by atoms with Crippen LogP contribution in [0.2, 0.25) is 0 Å². The van der Waals surface area contributed by atoms with E-state index in [0.29, 0.717) is 31.5 Å². The van der Waals surface area contributed by atoms with Crippen molar-refractivity contribution in [2.75, 3.05) is 19.8 Å². The van der Waals surface area contributed by atoms with Crippen molar-refractivity contribution in [3.63, 3.8) is 0 Å². The fourth-order valence-electron chi connectivity index (χ4n) is 1.46. The molecule has 0 aliphatic rings. The normalized spacial score (nSPS) is 14.7. The largest absolute Gasteiger partial charge is 0.460 e. The Morgan fingerprint density at radius 2 is 1.47 bits per heavy atom. The first kappa shape index (κ1) is 18.4. The number of esters is 1. The van der Waals surface area contributed by atoms with E-state index in [-0.39, 0.29) is 18.2 Å². The second kappa shape index (κ2) is 10.2. The van der Waals surface area contributed by atoms with Gasteiger partial charge in [0.05, 0.1) is 19.3 Å². The van der Waals surface area contributed by atoms with Gasteiger partial charge in [0.15, 0.2) is 0 Å². The first-order valence-electron chi connectivity index (χ1n) is 7.20. The van der Waals surface area contributed by atoms with Crippen LogP contribution in [0.3, 0.4) is 0 Å². The summed E-state index contributed by atoms with van der Waals surface area (Å²) in [6.45, 7) is 13.8. The highest BCUT2D eigenvalue weighted by Crippen LogP contribution is 2.05. The van der Waals surface area contributed by atoms with Gasteiger partial charge in [0.1, 0.15) is 6.10 Å². The van der Waals surface area contributed by atoms with E-state index in [2.05, 4.69) is 13.8 Å². The maximum atomic E-state index is 11.5. The molecule has 2 atom stereocenters. The summed E-state index contributed by atoms with van der Waals surface area (Å²) in [7, 11) is 0. The highest BCUT2D eigenvalue weighted by molar-refractivity contribution is 5.69. The lowest BCUT2D eigenvalue weighted by Crippen LogP contribution is -2.26. The van der Waals surface area contributed by atoms with Crippen molar-refractivity contribution in [2.24, 2.45) is 11.8 Å². The quantitative estimate of drug-likeness (QED) is 0.574. The number of hydrogen-bond donors (Lipinski definition) is 0. The molecule has 0 aliphatic carbocycles. The van der Waals surface area contributed by atoms with E-state index in [0.717, 1.165) is 6.61 Å². The van der Waals surface area contributed by atoms with E-state index < -0.39 is 0 Å². The van der Waals surface area contributed by atoms with Gasteiger partial charge in [-0.1, -0.05) is 27.7 Å². The Labute approximate surface area is 117 Å². The molecule has 0 rings (SSSR count). The van der Waals surface area contributed by atoms with E-state index >= 15 is 0 Å². The Morgan fingerprint density at radius 1 is 0.842 bits per heavy atom. The standard InChI is InChI=1S/C15H30O4/c1-11(2)7-15(16)19-14(6)10-18-13(5)9-17-8-12(3)4/h11-14H,7-10H2,1-6H3. The van der Waals surface area contributed by atoms with Crippen LogP contribution in [-0.4, -0.2) is 38.0 Å². The number of carbonyl (C=O) groups is 1. The molecule has 0 aliphatic heterocycles. The molecule has 0 radical (unpaired) electrons. The zero-order valence-corrected chi connectivity index (χ0v) is 13.3. The lowest BCUT2D eigenvalue weighted by molar-refractivity contribution is -0.153. The average Bonchev–Trinajstić information content (AvgIpc) is 2.24. The molecule has 0 bridgehead atoms. The first-order chi connectivity index (χ1) is 8.81. The summed E-state index contributed by atoms with van der Waals surface area (Å²) >= 11 is 0. The number of ether oxygens (including phenoxy) is 3. The molecule has 0 spiro atoms. The van der Waals surface area contributed by atoms with Crippen molar-refractivity contribution in [2.45, 2.75) is 60.2 Å². The topological polar surface area (TPSA) is 44.8 Å². The van der Waals surface area contributed by atoms with E-state index in [1.54, 1.807) is 0 Å². The second-order valence-corrected chi connectivity index (χ2v) is 5.97. The fraction of sp³-hybridized carbons (Fsp3) is 0.933. The van der Waals surface area contributed by atoms with Crippen molar-refractivity contribution in [1.29, 1.82) is 0 Å². The van der Waals surface area contributed by atoms with E-state index in [4.69, 9.17) is 14.2 Å². The average molecular weight is 274 g/mol. The van der Waals surface area contributed by atoms with Crippen molar-refractivity contribution >= 4 is 5.97 Å². The van der Waals surface area contributed by atoms with Crippen LogP contribution in [-0.2, 0) is 19.0 Å². The van der Waals surface area contributed by atoms with E-state index in [1.807, 2.05) is 27.7 Å². The van der Waals surface area contributed by atoms with Crippen LogP contribution in [0.5, 0.6) is 0 Å². The molecule has 4 nitrogen and oxygen atoms in total. The van der Waals surface area contributed by atoms with Crippen LogP contribution in [0.4, 0.5) is 0 Å². The molecule has 0 amide bonds. The Hall–Kier alpha value is -0.610. The molecule has 0 aromatic carbocycles. The van der Waals surface area contributed by atoms with Crippen molar-refractivity contribution in [1.82, 2.24) is 0 Å². The molecular weight excluding hydrogens is 244 g/mol. The number of rotatable bonds is 10. The zero-order chi connectivity index (χ0) is 14.8. The summed E-state index contributed by atoms with van der Waals surface area (Å²) in [5.41, 5.74) is 0. The maximum absolute atomic E-state index is 11.5. The molecule has 19 heavy (non-hydrogen) atoms. The molecule has 0 N–H and O–H groups in total. The molecule has 0 saturated heterocycles. The van der Waals surface area contributed by atoms with Gasteiger partial charge in [-0.3, -0.25) is 4.79 Å². The minimum Gasteiger partial charge on any atom is -0.460 e. The molecule has 114 valence electrons. The zero-order valence-electron chi connectivity index (χ0n) is 13.3.